The van der Waals surface area contributed by atoms with Crippen molar-refractivity contribution in [3.8, 4) is 0 Å². The molecule has 85 valence electrons. The van der Waals surface area contributed by atoms with E-state index in [2.05, 4.69) is 16.1 Å². The molecule has 1 unspecified atom stereocenters. The highest BCUT2D eigenvalue weighted by Crippen LogP contribution is 2.25. The maximum atomic E-state index is 10.8. The molecule has 1 aliphatic rings. The van der Waals surface area contributed by atoms with Gasteiger partial charge in [0.05, 0.1) is 12.1 Å². The standard InChI is InChI=1S/C12H15N2O2/c15-12(16)8-10-4-1-2-7-14(10)11-5-3-6-13-9-11/h3,5-6,10H,1-2,4,7-8H2,(H,15,16). The average molecular weight is 219 g/mol. The summed E-state index contributed by atoms with van der Waals surface area (Å²) in [5, 5.41) is 8.88. The van der Waals surface area contributed by atoms with Crippen molar-refractivity contribution in [1.29, 1.82) is 0 Å². The highest BCUT2D eigenvalue weighted by atomic mass is 16.4. The Morgan fingerprint density at radius 2 is 2.50 bits per heavy atom. The lowest BCUT2D eigenvalue weighted by atomic mass is 9.99. The van der Waals surface area contributed by atoms with Gasteiger partial charge in [-0.25, -0.2) is 0 Å². The number of carbonyl (C=O) groups is 1. The molecular formula is C12H15N2O2. The Kier molecular flexibility index (Phi) is 3.39. The van der Waals surface area contributed by atoms with Crippen molar-refractivity contribution in [2.75, 3.05) is 11.4 Å². The summed E-state index contributed by atoms with van der Waals surface area (Å²) in [5.74, 6) is -0.735. The quantitative estimate of drug-likeness (QED) is 0.841. The van der Waals surface area contributed by atoms with Crippen molar-refractivity contribution in [2.45, 2.75) is 31.7 Å². The van der Waals surface area contributed by atoms with Gasteiger partial charge in [-0.15, -0.1) is 0 Å². The second-order valence-electron chi connectivity index (χ2n) is 4.08. The summed E-state index contributed by atoms with van der Waals surface area (Å²) in [6, 6.07) is 3.89. The third-order valence-electron chi connectivity index (χ3n) is 2.94. The topological polar surface area (TPSA) is 53.4 Å². The number of nitrogens with zero attached hydrogens (tertiary/aromatic N) is 2. The van der Waals surface area contributed by atoms with Crippen molar-refractivity contribution in [1.82, 2.24) is 4.98 Å². The summed E-state index contributed by atoms with van der Waals surface area (Å²) in [5.41, 5.74) is 0.911. The maximum Gasteiger partial charge on any atom is 0.305 e. The number of pyridine rings is 1. The zero-order valence-electron chi connectivity index (χ0n) is 9.09. The number of piperidine rings is 1. The minimum atomic E-state index is -0.735. The number of rotatable bonds is 3. The molecule has 1 atom stereocenters. The molecule has 0 bridgehead atoms. The highest BCUT2D eigenvalue weighted by Gasteiger charge is 2.24. The summed E-state index contributed by atoms with van der Waals surface area (Å²) in [6.45, 7) is 0.903. The molecule has 0 amide bonds. The third kappa shape index (κ3) is 2.51. The number of carboxylic acid groups (broad SMARTS) is 1. The van der Waals surface area contributed by atoms with Crippen molar-refractivity contribution < 1.29 is 9.90 Å². The molecule has 0 aromatic carbocycles. The van der Waals surface area contributed by atoms with Crippen LogP contribution in [-0.4, -0.2) is 28.6 Å². The molecule has 2 heterocycles. The number of aliphatic carboxylic acids is 1. The number of hydrogen-bond acceptors (Lipinski definition) is 3. The van der Waals surface area contributed by atoms with Gasteiger partial charge in [0, 0.05) is 18.8 Å². The van der Waals surface area contributed by atoms with Crippen molar-refractivity contribution in [3.05, 3.63) is 24.5 Å². The molecule has 1 N–H and O–H groups in total. The number of hydrogen-bond donors (Lipinski definition) is 1. The molecule has 0 aliphatic carbocycles. The van der Waals surface area contributed by atoms with E-state index in [0.717, 1.165) is 31.5 Å². The first-order valence-electron chi connectivity index (χ1n) is 5.58. The zero-order chi connectivity index (χ0) is 11.4. The van der Waals surface area contributed by atoms with Gasteiger partial charge in [-0.1, -0.05) is 0 Å². The van der Waals surface area contributed by atoms with Gasteiger partial charge in [0.15, 0.2) is 0 Å². The summed E-state index contributed by atoms with van der Waals surface area (Å²) in [4.78, 5) is 16.9. The molecule has 1 aromatic heterocycles. The summed E-state index contributed by atoms with van der Waals surface area (Å²) >= 11 is 0. The van der Waals surface area contributed by atoms with Crippen molar-refractivity contribution in [3.63, 3.8) is 0 Å². The SMILES string of the molecule is O=C(O)CC1CCCCN1c1[c]nccc1. The highest BCUT2D eigenvalue weighted by molar-refractivity contribution is 5.68. The van der Waals surface area contributed by atoms with E-state index in [1.807, 2.05) is 12.1 Å². The van der Waals surface area contributed by atoms with E-state index in [4.69, 9.17) is 5.11 Å². The van der Waals surface area contributed by atoms with Crippen LogP contribution in [0.1, 0.15) is 25.7 Å². The van der Waals surface area contributed by atoms with Gasteiger partial charge >= 0.3 is 5.97 Å². The summed E-state index contributed by atoms with van der Waals surface area (Å²) in [7, 11) is 0. The van der Waals surface area contributed by atoms with E-state index in [9.17, 15) is 4.79 Å². The van der Waals surface area contributed by atoms with E-state index in [0.29, 0.717) is 0 Å². The second kappa shape index (κ2) is 4.96. The summed E-state index contributed by atoms with van der Waals surface area (Å²) < 4.78 is 0. The Bertz CT molecular complexity index is 353. The molecule has 2 rings (SSSR count). The molecule has 1 aliphatic heterocycles. The van der Waals surface area contributed by atoms with E-state index in [1.165, 1.54) is 0 Å². The van der Waals surface area contributed by atoms with Crippen LogP contribution in [0.4, 0.5) is 5.69 Å². The fourth-order valence-electron chi connectivity index (χ4n) is 2.21. The van der Waals surface area contributed by atoms with Crippen molar-refractivity contribution >= 4 is 11.7 Å². The minimum Gasteiger partial charge on any atom is -0.481 e. The monoisotopic (exact) mass is 219 g/mol. The lowest BCUT2D eigenvalue weighted by molar-refractivity contribution is -0.137. The van der Waals surface area contributed by atoms with Gasteiger partial charge in [0.25, 0.3) is 0 Å². The molecule has 0 saturated carbocycles. The van der Waals surface area contributed by atoms with Gasteiger partial charge in [-0.3, -0.25) is 9.78 Å². The molecule has 16 heavy (non-hydrogen) atoms. The smallest absolute Gasteiger partial charge is 0.305 e. The largest absolute Gasteiger partial charge is 0.481 e. The molecule has 4 heteroatoms. The Morgan fingerprint density at radius 1 is 1.62 bits per heavy atom. The van der Waals surface area contributed by atoms with Crippen LogP contribution < -0.4 is 4.90 Å². The van der Waals surface area contributed by atoms with Crippen LogP contribution in [-0.2, 0) is 4.79 Å². The average Bonchev–Trinajstić information content (AvgIpc) is 2.30. The Morgan fingerprint density at radius 3 is 3.19 bits per heavy atom. The lowest BCUT2D eigenvalue weighted by Gasteiger charge is -2.36. The van der Waals surface area contributed by atoms with E-state index >= 15 is 0 Å². The molecule has 0 spiro atoms. The summed E-state index contributed by atoms with van der Waals surface area (Å²) in [6.07, 6.45) is 7.96. The molecule has 1 radical (unpaired) electrons. The first-order chi connectivity index (χ1) is 7.77. The molecule has 1 saturated heterocycles. The molecule has 1 fully saturated rings. The normalized spacial score (nSPS) is 20.8. The van der Waals surface area contributed by atoms with Gasteiger partial charge in [0.2, 0.25) is 0 Å². The first-order valence-corrected chi connectivity index (χ1v) is 5.58. The van der Waals surface area contributed by atoms with Crippen LogP contribution in [0.15, 0.2) is 18.3 Å². The van der Waals surface area contributed by atoms with Crippen LogP contribution in [0.25, 0.3) is 0 Å². The predicted molar refractivity (Wildman–Crippen MR) is 60.3 cm³/mol. The van der Waals surface area contributed by atoms with Crippen molar-refractivity contribution in [2.24, 2.45) is 0 Å². The van der Waals surface area contributed by atoms with Crippen LogP contribution >= 0.6 is 0 Å². The number of carboxylic acids is 1. The van der Waals surface area contributed by atoms with E-state index < -0.39 is 5.97 Å². The van der Waals surface area contributed by atoms with Crippen LogP contribution in [0.3, 0.4) is 0 Å². The Balaban J connectivity index is 2.13. The van der Waals surface area contributed by atoms with Gasteiger partial charge in [-0.2, -0.15) is 0 Å². The van der Waals surface area contributed by atoms with Gasteiger partial charge in [-0.05, 0) is 31.4 Å². The minimum absolute atomic E-state index is 0.0895. The maximum absolute atomic E-state index is 10.8. The second-order valence-corrected chi connectivity index (χ2v) is 4.08. The predicted octanol–water partition coefficient (Wildman–Crippen LogP) is 1.72. The Labute approximate surface area is 94.9 Å². The van der Waals surface area contributed by atoms with E-state index in [1.54, 1.807) is 6.20 Å². The third-order valence-corrected chi connectivity index (χ3v) is 2.94. The van der Waals surface area contributed by atoms with E-state index in [-0.39, 0.29) is 12.5 Å². The first kappa shape index (κ1) is 10.9. The lowest BCUT2D eigenvalue weighted by Crippen LogP contribution is -2.41. The number of anilines is 1. The Hall–Kier alpha value is -1.58. The zero-order valence-corrected chi connectivity index (χ0v) is 9.09. The molecule has 1 aromatic rings. The van der Waals surface area contributed by atoms with Gasteiger partial charge in [0.1, 0.15) is 6.20 Å². The van der Waals surface area contributed by atoms with Crippen LogP contribution in [0, 0.1) is 6.20 Å². The molecular weight excluding hydrogens is 204 g/mol. The number of aromatic nitrogens is 1. The van der Waals surface area contributed by atoms with Crippen LogP contribution in [0.5, 0.6) is 0 Å². The fraction of sp³-hybridized carbons (Fsp3) is 0.500. The van der Waals surface area contributed by atoms with Crippen LogP contribution in [0.2, 0.25) is 0 Å². The molecule has 4 nitrogen and oxygen atoms in total. The van der Waals surface area contributed by atoms with Gasteiger partial charge < -0.3 is 10.0 Å². The fourth-order valence-corrected chi connectivity index (χ4v) is 2.21.